The fourth-order valence-electron chi connectivity index (χ4n) is 2.80. The Balaban J connectivity index is 2.35. The molecule has 2 aromatic rings. The number of sulfonamides is 1. The molecule has 2 amide bonds. The lowest BCUT2D eigenvalue weighted by molar-refractivity contribution is -0.139. The molecule has 2 rings (SSSR count). The van der Waals surface area contributed by atoms with Gasteiger partial charge in [-0.3, -0.25) is 13.9 Å². The highest BCUT2D eigenvalue weighted by Gasteiger charge is 2.29. The van der Waals surface area contributed by atoms with Gasteiger partial charge in [-0.1, -0.05) is 12.1 Å². The van der Waals surface area contributed by atoms with Crippen molar-refractivity contribution in [3.8, 4) is 0 Å². The number of carbonyl (C=O) groups is 2. The number of nitrogens with one attached hydrogen (secondary N) is 1. The van der Waals surface area contributed by atoms with Crippen LogP contribution < -0.4 is 9.62 Å². The minimum atomic E-state index is -3.88. The van der Waals surface area contributed by atoms with Gasteiger partial charge in [0.25, 0.3) is 0 Å². The number of amides is 2. The summed E-state index contributed by atoms with van der Waals surface area (Å²) in [6.45, 7) is 0.880. The van der Waals surface area contributed by atoms with E-state index in [4.69, 9.17) is 0 Å². The summed E-state index contributed by atoms with van der Waals surface area (Å²) in [5, 5.41) is 2.45. The topological polar surface area (TPSA) is 86.8 Å². The quantitative estimate of drug-likeness (QED) is 0.681. The summed E-state index contributed by atoms with van der Waals surface area (Å²) < 4.78 is 51.8. The third kappa shape index (κ3) is 5.99. The number of anilines is 1. The lowest BCUT2D eigenvalue weighted by Gasteiger charge is -2.31. The van der Waals surface area contributed by atoms with E-state index in [0.29, 0.717) is 5.56 Å². The van der Waals surface area contributed by atoms with Gasteiger partial charge in [0.05, 0.1) is 11.9 Å². The molecule has 1 N–H and O–H groups in total. The van der Waals surface area contributed by atoms with Crippen LogP contribution in [0.15, 0.2) is 48.5 Å². The summed E-state index contributed by atoms with van der Waals surface area (Å²) in [7, 11) is -2.46. The summed E-state index contributed by atoms with van der Waals surface area (Å²) in [5.74, 6) is -2.09. The maximum atomic E-state index is 13.2. The van der Waals surface area contributed by atoms with Crippen LogP contribution in [0.2, 0.25) is 0 Å². The molecule has 0 heterocycles. The van der Waals surface area contributed by atoms with E-state index in [2.05, 4.69) is 5.32 Å². The van der Waals surface area contributed by atoms with E-state index in [9.17, 15) is 26.8 Å². The Morgan fingerprint density at radius 3 is 1.97 bits per heavy atom. The predicted octanol–water partition coefficient (Wildman–Crippen LogP) is 1.89. The smallest absolute Gasteiger partial charge is 0.244 e. The molecule has 0 aliphatic rings. The third-order valence-corrected chi connectivity index (χ3v) is 5.61. The highest BCUT2D eigenvalue weighted by atomic mass is 32.2. The Morgan fingerprint density at radius 2 is 1.50 bits per heavy atom. The molecule has 30 heavy (non-hydrogen) atoms. The number of carbonyl (C=O) groups excluding carboxylic acids is 2. The van der Waals surface area contributed by atoms with Gasteiger partial charge in [0.2, 0.25) is 21.8 Å². The second-order valence-electron chi connectivity index (χ2n) is 6.68. The monoisotopic (exact) mass is 439 g/mol. The molecule has 0 aromatic heterocycles. The van der Waals surface area contributed by atoms with Crippen LogP contribution in [0.4, 0.5) is 14.5 Å². The second-order valence-corrected chi connectivity index (χ2v) is 8.59. The number of likely N-dealkylation sites (N-methyl/N-ethyl adjacent to an activating group) is 1. The van der Waals surface area contributed by atoms with Gasteiger partial charge in [0.15, 0.2) is 0 Å². The van der Waals surface area contributed by atoms with Crippen LogP contribution in [-0.2, 0) is 26.2 Å². The molecule has 0 saturated heterocycles. The first-order valence-corrected chi connectivity index (χ1v) is 10.9. The van der Waals surface area contributed by atoms with Crippen LogP contribution in [0.3, 0.4) is 0 Å². The average molecular weight is 439 g/mol. The molecule has 0 radical (unpaired) electrons. The average Bonchev–Trinajstić information content (AvgIpc) is 2.70. The van der Waals surface area contributed by atoms with Crippen molar-refractivity contribution in [3.63, 3.8) is 0 Å². The Bertz CT molecular complexity index is 996. The van der Waals surface area contributed by atoms with Gasteiger partial charge in [-0.2, -0.15) is 0 Å². The fourth-order valence-corrected chi connectivity index (χ4v) is 3.65. The predicted molar refractivity (Wildman–Crippen MR) is 109 cm³/mol. The van der Waals surface area contributed by atoms with Crippen LogP contribution >= 0.6 is 0 Å². The van der Waals surface area contributed by atoms with Crippen LogP contribution in [0.1, 0.15) is 12.5 Å². The summed E-state index contributed by atoms with van der Waals surface area (Å²) in [4.78, 5) is 26.4. The molecular weight excluding hydrogens is 416 g/mol. The zero-order valence-corrected chi connectivity index (χ0v) is 17.6. The Labute approximate surface area is 174 Å². The molecule has 2 aromatic carbocycles. The van der Waals surface area contributed by atoms with E-state index in [-0.39, 0.29) is 12.2 Å². The lowest BCUT2D eigenvalue weighted by Crippen LogP contribution is -2.50. The van der Waals surface area contributed by atoms with Crippen molar-refractivity contribution in [3.05, 3.63) is 65.7 Å². The van der Waals surface area contributed by atoms with Crippen LogP contribution in [0.5, 0.6) is 0 Å². The van der Waals surface area contributed by atoms with Crippen LogP contribution in [-0.4, -0.2) is 51.0 Å². The molecule has 0 aliphatic carbocycles. The maximum absolute atomic E-state index is 13.2. The van der Waals surface area contributed by atoms with Gasteiger partial charge in [-0.05, 0) is 48.9 Å². The van der Waals surface area contributed by atoms with Crippen LogP contribution in [0.25, 0.3) is 0 Å². The van der Waals surface area contributed by atoms with E-state index in [1.807, 2.05) is 0 Å². The first-order valence-electron chi connectivity index (χ1n) is 9.01. The lowest BCUT2D eigenvalue weighted by atomic mass is 10.1. The SMILES string of the molecule is CNC(=O)[C@H](C)N(Cc1ccc(F)cc1)C(=O)CN(c1ccc(F)cc1)S(C)(=O)=O. The standard InChI is InChI=1S/C20H23F2N3O4S/c1-14(20(27)23-2)24(12-15-4-6-16(21)7-5-15)19(26)13-25(30(3,28)29)18-10-8-17(22)9-11-18/h4-11,14H,12-13H2,1-3H3,(H,23,27)/t14-/m0/s1. The van der Waals surface area contributed by atoms with Gasteiger partial charge in [-0.15, -0.1) is 0 Å². The molecule has 10 heteroatoms. The van der Waals surface area contributed by atoms with Crippen molar-refractivity contribution in [2.24, 2.45) is 0 Å². The van der Waals surface area contributed by atoms with Crippen molar-refractivity contribution >= 4 is 27.5 Å². The highest BCUT2D eigenvalue weighted by Crippen LogP contribution is 2.19. The van der Waals surface area contributed by atoms with Gasteiger partial charge < -0.3 is 10.2 Å². The molecule has 0 unspecified atom stereocenters. The third-order valence-electron chi connectivity index (χ3n) is 4.47. The van der Waals surface area contributed by atoms with Gasteiger partial charge in [0, 0.05) is 13.6 Å². The number of rotatable bonds is 8. The minimum absolute atomic E-state index is 0.0330. The van der Waals surface area contributed by atoms with Crippen molar-refractivity contribution in [1.29, 1.82) is 0 Å². The molecule has 0 aliphatic heterocycles. The Morgan fingerprint density at radius 1 is 1.00 bits per heavy atom. The van der Waals surface area contributed by atoms with E-state index in [0.717, 1.165) is 22.7 Å². The number of hydrogen-bond acceptors (Lipinski definition) is 4. The van der Waals surface area contributed by atoms with Gasteiger partial charge >= 0.3 is 0 Å². The molecule has 7 nitrogen and oxygen atoms in total. The number of hydrogen-bond donors (Lipinski definition) is 1. The summed E-state index contributed by atoms with van der Waals surface area (Å²) in [6, 6.07) is 9.14. The summed E-state index contributed by atoms with van der Waals surface area (Å²) >= 11 is 0. The molecule has 0 spiro atoms. The molecule has 0 saturated carbocycles. The second kappa shape index (κ2) is 9.66. The zero-order valence-electron chi connectivity index (χ0n) is 16.8. The summed E-state index contributed by atoms with van der Waals surface area (Å²) in [5.41, 5.74) is 0.676. The summed E-state index contributed by atoms with van der Waals surface area (Å²) in [6.07, 6.45) is 0.927. The van der Waals surface area contributed by atoms with E-state index >= 15 is 0 Å². The number of nitrogens with zero attached hydrogens (tertiary/aromatic N) is 2. The molecule has 0 fully saturated rings. The largest absolute Gasteiger partial charge is 0.357 e. The maximum Gasteiger partial charge on any atom is 0.244 e. The van der Waals surface area contributed by atoms with Crippen molar-refractivity contribution < 1.29 is 26.8 Å². The number of halogens is 2. The van der Waals surface area contributed by atoms with E-state index in [1.54, 1.807) is 0 Å². The van der Waals surface area contributed by atoms with E-state index < -0.39 is 46.1 Å². The molecule has 162 valence electrons. The fraction of sp³-hybridized carbons (Fsp3) is 0.300. The first-order chi connectivity index (χ1) is 14.0. The molecular formula is C20H23F2N3O4S. The van der Waals surface area contributed by atoms with Crippen molar-refractivity contribution in [1.82, 2.24) is 10.2 Å². The number of benzene rings is 2. The Hall–Kier alpha value is -3.01. The normalized spacial score (nSPS) is 12.2. The van der Waals surface area contributed by atoms with Crippen LogP contribution in [0, 0.1) is 11.6 Å². The van der Waals surface area contributed by atoms with Gasteiger partial charge in [-0.25, -0.2) is 17.2 Å². The molecule has 0 bridgehead atoms. The van der Waals surface area contributed by atoms with E-state index in [1.165, 1.54) is 55.3 Å². The van der Waals surface area contributed by atoms with Crippen molar-refractivity contribution in [2.45, 2.75) is 19.5 Å². The zero-order chi connectivity index (χ0) is 22.5. The first kappa shape index (κ1) is 23.3. The minimum Gasteiger partial charge on any atom is -0.357 e. The Kier molecular flexibility index (Phi) is 7.49. The van der Waals surface area contributed by atoms with Crippen molar-refractivity contribution in [2.75, 3.05) is 24.2 Å². The highest BCUT2D eigenvalue weighted by molar-refractivity contribution is 7.92. The molecule has 1 atom stereocenters. The van der Waals surface area contributed by atoms with Gasteiger partial charge in [0.1, 0.15) is 24.2 Å².